The number of carbonyl (C=O) groups is 1. The van der Waals surface area contributed by atoms with Crippen LogP contribution in [-0.4, -0.2) is 12.5 Å². The van der Waals surface area contributed by atoms with E-state index in [4.69, 9.17) is 0 Å². The van der Waals surface area contributed by atoms with Gasteiger partial charge in [0, 0.05) is 6.92 Å². The van der Waals surface area contributed by atoms with Crippen molar-refractivity contribution >= 4 is 5.91 Å². The zero-order valence-electron chi connectivity index (χ0n) is 4.53. The van der Waals surface area contributed by atoms with Crippen LogP contribution in [0.4, 0.5) is 0 Å². The Morgan fingerprint density at radius 2 is 2.43 bits per heavy atom. The van der Waals surface area contributed by atoms with E-state index < -0.39 is 0 Å². The molecule has 0 fully saturated rings. The lowest BCUT2D eigenvalue weighted by Crippen LogP contribution is -2.19. The second-order valence-electron chi connectivity index (χ2n) is 1.34. The third-order valence-electron chi connectivity index (χ3n) is 0.551. The third-order valence-corrected chi connectivity index (χ3v) is 0.551. The van der Waals surface area contributed by atoms with Crippen LogP contribution in [0.1, 0.15) is 13.3 Å². The Labute approximate surface area is 43.9 Å². The number of nitrogens with one attached hydrogen (secondary N) is 1. The minimum absolute atomic E-state index is 0.0173. The molecule has 0 aliphatic carbocycles. The van der Waals surface area contributed by atoms with Gasteiger partial charge in [0.15, 0.2) is 0 Å². The summed E-state index contributed by atoms with van der Waals surface area (Å²) in [5, 5.41) is 2.59. The van der Waals surface area contributed by atoms with E-state index in [-0.39, 0.29) is 5.91 Å². The number of hydrogen-bond donors (Lipinski definition) is 1. The smallest absolute Gasteiger partial charge is 0.217 e. The summed E-state index contributed by atoms with van der Waals surface area (Å²) in [7, 11) is 0. The summed E-state index contributed by atoms with van der Waals surface area (Å²) in [6, 6.07) is 0. The molecular formula is C5H10NO+. The molecule has 0 unspecified atom stereocenters. The van der Waals surface area contributed by atoms with E-state index in [2.05, 4.69) is 12.2 Å². The minimum atomic E-state index is 0.0173. The molecule has 1 N–H and O–H groups in total. The van der Waals surface area contributed by atoms with E-state index in [9.17, 15) is 4.79 Å². The van der Waals surface area contributed by atoms with E-state index in [1.165, 1.54) is 6.92 Å². The summed E-state index contributed by atoms with van der Waals surface area (Å²) in [5.41, 5.74) is 0. The van der Waals surface area contributed by atoms with Gasteiger partial charge in [-0.15, -0.1) is 0 Å². The van der Waals surface area contributed by atoms with Crippen LogP contribution in [0.2, 0.25) is 0 Å². The van der Waals surface area contributed by atoms with Gasteiger partial charge in [-0.05, 0) is 0 Å². The predicted molar refractivity (Wildman–Crippen MR) is 28.7 cm³/mol. The molecule has 2 nitrogen and oxygen atoms in total. The average Bonchev–Trinajstić information content (AvgIpc) is 1.61. The van der Waals surface area contributed by atoms with Gasteiger partial charge in [-0.25, -0.2) is 0 Å². The van der Waals surface area contributed by atoms with Gasteiger partial charge in [0.25, 0.3) is 0 Å². The summed E-state index contributed by atoms with van der Waals surface area (Å²) >= 11 is 0. The van der Waals surface area contributed by atoms with Crippen molar-refractivity contribution in [2.75, 3.05) is 6.54 Å². The van der Waals surface area contributed by atoms with Crippen LogP contribution in [0.5, 0.6) is 0 Å². The fourth-order valence-corrected chi connectivity index (χ4v) is 0.264. The van der Waals surface area contributed by atoms with Gasteiger partial charge in [0.2, 0.25) is 5.91 Å². The van der Waals surface area contributed by atoms with Gasteiger partial charge in [-0.1, -0.05) is 0 Å². The zero-order valence-corrected chi connectivity index (χ0v) is 4.53. The first-order chi connectivity index (χ1) is 3.27. The maximum absolute atomic E-state index is 10.1. The molecule has 0 rings (SSSR count). The zero-order chi connectivity index (χ0) is 5.70. The van der Waals surface area contributed by atoms with Crippen LogP contribution >= 0.6 is 0 Å². The Bertz CT molecular complexity index is 61.1. The summed E-state index contributed by atoms with van der Waals surface area (Å²) in [5.74, 6) is 0.0173. The lowest BCUT2D eigenvalue weighted by atomic mass is 10.5. The predicted octanol–water partition coefficient (Wildman–Crippen LogP) is 0.347. The fourth-order valence-electron chi connectivity index (χ4n) is 0.264. The van der Waals surface area contributed by atoms with E-state index in [1.807, 2.05) is 0 Å². The van der Waals surface area contributed by atoms with Crippen LogP contribution in [0.15, 0.2) is 0 Å². The van der Waals surface area contributed by atoms with Crippen molar-refractivity contribution in [1.82, 2.24) is 5.32 Å². The molecule has 0 bridgehead atoms. The molecule has 0 aromatic heterocycles. The largest absolute Gasteiger partial charge is 0.352 e. The topological polar surface area (TPSA) is 29.1 Å². The van der Waals surface area contributed by atoms with E-state index >= 15 is 0 Å². The average molecular weight is 100 g/mol. The van der Waals surface area contributed by atoms with Crippen molar-refractivity contribution in [2.45, 2.75) is 13.3 Å². The Balaban J connectivity index is 2.82. The maximum atomic E-state index is 10.1. The van der Waals surface area contributed by atoms with Crippen LogP contribution < -0.4 is 5.32 Å². The summed E-state index contributed by atoms with van der Waals surface area (Å²) in [6.45, 7) is 5.73. The number of rotatable bonds is 2. The molecule has 0 aliphatic heterocycles. The van der Waals surface area contributed by atoms with Crippen molar-refractivity contribution < 1.29 is 4.79 Å². The SMILES string of the molecule is [CH2+]CCNC(C)=O. The lowest BCUT2D eigenvalue weighted by Gasteiger charge is -1.90. The molecule has 0 saturated carbocycles. The highest BCUT2D eigenvalue weighted by Crippen LogP contribution is 1.66. The van der Waals surface area contributed by atoms with Crippen LogP contribution in [0.3, 0.4) is 0 Å². The first kappa shape index (κ1) is 6.34. The fraction of sp³-hybridized carbons (Fsp3) is 0.600. The number of hydrogen-bond acceptors (Lipinski definition) is 1. The number of carbonyl (C=O) groups excluding carboxylic acids is 1. The Morgan fingerprint density at radius 1 is 1.86 bits per heavy atom. The molecule has 0 heterocycles. The van der Waals surface area contributed by atoms with E-state index in [1.54, 1.807) is 0 Å². The van der Waals surface area contributed by atoms with Crippen molar-refractivity contribution in [2.24, 2.45) is 0 Å². The highest BCUT2D eigenvalue weighted by atomic mass is 16.1. The highest BCUT2D eigenvalue weighted by Gasteiger charge is 1.86. The molecule has 40 valence electrons. The minimum Gasteiger partial charge on any atom is -0.352 e. The first-order valence-corrected chi connectivity index (χ1v) is 2.31. The van der Waals surface area contributed by atoms with Crippen LogP contribution in [0.25, 0.3) is 0 Å². The van der Waals surface area contributed by atoms with Crippen LogP contribution in [0, 0.1) is 6.92 Å². The normalized spacial score (nSPS) is 8.14. The highest BCUT2D eigenvalue weighted by molar-refractivity contribution is 5.72. The first-order valence-electron chi connectivity index (χ1n) is 2.31. The molecule has 0 spiro atoms. The van der Waals surface area contributed by atoms with Gasteiger partial charge in [-0.2, -0.15) is 0 Å². The lowest BCUT2D eigenvalue weighted by molar-refractivity contribution is -0.118. The summed E-state index contributed by atoms with van der Waals surface area (Å²) in [4.78, 5) is 10.1. The molecule has 1 amide bonds. The second-order valence-corrected chi connectivity index (χ2v) is 1.34. The van der Waals surface area contributed by atoms with Crippen LogP contribution in [-0.2, 0) is 4.79 Å². The van der Waals surface area contributed by atoms with Crippen molar-refractivity contribution in [3.05, 3.63) is 6.92 Å². The van der Waals surface area contributed by atoms with E-state index in [0.29, 0.717) is 6.54 Å². The molecule has 0 atom stereocenters. The van der Waals surface area contributed by atoms with Gasteiger partial charge in [0.05, 0.1) is 13.5 Å². The molecule has 0 radical (unpaired) electrons. The van der Waals surface area contributed by atoms with Crippen molar-refractivity contribution in [3.63, 3.8) is 0 Å². The molecule has 0 aromatic carbocycles. The maximum Gasteiger partial charge on any atom is 0.217 e. The van der Waals surface area contributed by atoms with E-state index in [0.717, 1.165) is 6.42 Å². The third kappa shape index (κ3) is 5.34. The Morgan fingerprint density at radius 3 is 2.57 bits per heavy atom. The molecule has 7 heavy (non-hydrogen) atoms. The molecule has 0 saturated heterocycles. The summed E-state index contributed by atoms with van der Waals surface area (Å²) in [6.07, 6.45) is 0.763. The summed E-state index contributed by atoms with van der Waals surface area (Å²) < 4.78 is 0. The monoisotopic (exact) mass is 100 g/mol. The van der Waals surface area contributed by atoms with Crippen molar-refractivity contribution in [3.8, 4) is 0 Å². The number of amides is 1. The Kier molecular flexibility index (Phi) is 3.19. The molecular weight excluding hydrogens is 90.1 g/mol. The van der Waals surface area contributed by atoms with Crippen molar-refractivity contribution in [1.29, 1.82) is 0 Å². The molecule has 0 aliphatic rings. The standard InChI is InChI=1S/C5H9NO/c1-3-4-6-5(2)7/h1,3-4H2,2H3/p+1. The quantitative estimate of drug-likeness (QED) is 0.498. The van der Waals surface area contributed by atoms with Gasteiger partial charge >= 0.3 is 0 Å². The molecule has 0 aromatic rings. The van der Waals surface area contributed by atoms with Gasteiger partial charge < -0.3 is 5.32 Å². The van der Waals surface area contributed by atoms with Gasteiger partial charge in [0.1, 0.15) is 6.42 Å². The molecule has 2 heteroatoms. The second kappa shape index (κ2) is 3.53. The van der Waals surface area contributed by atoms with Gasteiger partial charge in [-0.3, -0.25) is 4.79 Å². The Hall–Kier alpha value is -0.660.